The second-order valence-electron chi connectivity index (χ2n) is 8.80. The number of phenols is 2. The molecule has 2 aromatic rings. The first-order chi connectivity index (χ1) is 13.8. The summed E-state index contributed by atoms with van der Waals surface area (Å²) < 4.78 is 0. The van der Waals surface area contributed by atoms with E-state index < -0.39 is 5.92 Å². The summed E-state index contributed by atoms with van der Waals surface area (Å²) in [6.07, 6.45) is 1.10. The SMILES string of the molecule is CC1(C)CC(=O)C2=C(C1)NC1=C(C(=O)c3ccccc31)[C@@H]2c1ccc(O)c(O)c1. The van der Waals surface area contributed by atoms with Gasteiger partial charge in [0.25, 0.3) is 0 Å². The van der Waals surface area contributed by atoms with E-state index in [0.29, 0.717) is 35.1 Å². The van der Waals surface area contributed by atoms with Crippen molar-refractivity contribution in [2.45, 2.75) is 32.6 Å². The zero-order valence-electron chi connectivity index (χ0n) is 16.2. The van der Waals surface area contributed by atoms with E-state index in [1.54, 1.807) is 12.1 Å². The van der Waals surface area contributed by atoms with Crippen molar-refractivity contribution in [1.29, 1.82) is 0 Å². The Kier molecular flexibility index (Phi) is 3.57. The molecule has 2 aliphatic carbocycles. The molecule has 1 heterocycles. The van der Waals surface area contributed by atoms with Crippen molar-refractivity contribution in [1.82, 2.24) is 5.32 Å². The molecule has 0 fully saturated rings. The van der Waals surface area contributed by atoms with Gasteiger partial charge in [-0.25, -0.2) is 0 Å². The molecule has 1 aliphatic heterocycles. The van der Waals surface area contributed by atoms with E-state index in [9.17, 15) is 19.8 Å². The highest BCUT2D eigenvalue weighted by Crippen LogP contribution is 2.51. The van der Waals surface area contributed by atoms with Gasteiger partial charge in [0.15, 0.2) is 23.1 Å². The lowest BCUT2D eigenvalue weighted by atomic mass is 9.68. The molecule has 0 bridgehead atoms. The molecule has 1 atom stereocenters. The Morgan fingerprint density at radius 1 is 0.931 bits per heavy atom. The van der Waals surface area contributed by atoms with Gasteiger partial charge in [-0.05, 0) is 29.5 Å². The third-order valence-corrected chi connectivity index (χ3v) is 6.06. The molecule has 29 heavy (non-hydrogen) atoms. The van der Waals surface area contributed by atoms with E-state index in [4.69, 9.17) is 0 Å². The smallest absolute Gasteiger partial charge is 0.192 e. The Hall–Kier alpha value is -3.34. The number of carbonyl (C=O) groups is 2. The molecule has 0 radical (unpaired) electrons. The Balaban J connectivity index is 1.76. The number of hydrogen-bond acceptors (Lipinski definition) is 5. The first-order valence-corrected chi connectivity index (χ1v) is 9.70. The molecule has 0 saturated heterocycles. The average Bonchev–Trinajstić information content (AvgIpc) is 2.94. The number of phenolic OH excluding ortho intramolecular Hbond substituents is 2. The number of rotatable bonds is 1. The van der Waals surface area contributed by atoms with Gasteiger partial charge >= 0.3 is 0 Å². The highest BCUT2D eigenvalue weighted by atomic mass is 16.3. The Labute approximate surface area is 168 Å². The van der Waals surface area contributed by atoms with Crippen LogP contribution in [-0.2, 0) is 4.79 Å². The van der Waals surface area contributed by atoms with Crippen LogP contribution in [0.15, 0.2) is 59.3 Å². The second-order valence-corrected chi connectivity index (χ2v) is 8.80. The molecule has 0 aromatic heterocycles. The predicted octanol–water partition coefficient (Wildman–Crippen LogP) is 4.04. The average molecular weight is 387 g/mol. The second kappa shape index (κ2) is 5.83. The van der Waals surface area contributed by atoms with Crippen LogP contribution < -0.4 is 5.32 Å². The summed E-state index contributed by atoms with van der Waals surface area (Å²) >= 11 is 0. The molecule has 5 rings (SSSR count). The van der Waals surface area contributed by atoms with Crippen molar-refractivity contribution in [3.63, 3.8) is 0 Å². The van der Waals surface area contributed by atoms with Crippen LogP contribution in [0.5, 0.6) is 11.5 Å². The lowest BCUT2D eigenvalue weighted by Gasteiger charge is -2.39. The van der Waals surface area contributed by atoms with Crippen molar-refractivity contribution in [2.24, 2.45) is 5.41 Å². The summed E-state index contributed by atoms with van der Waals surface area (Å²) in [5.41, 5.74) is 4.60. The quantitative estimate of drug-likeness (QED) is 0.643. The Bertz CT molecular complexity index is 1170. The highest BCUT2D eigenvalue weighted by Gasteiger charge is 2.46. The molecule has 146 valence electrons. The summed E-state index contributed by atoms with van der Waals surface area (Å²) in [5, 5.41) is 23.3. The van der Waals surface area contributed by atoms with Crippen molar-refractivity contribution >= 4 is 17.3 Å². The molecule has 3 aliphatic rings. The molecule has 0 amide bonds. The van der Waals surface area contributed by atoms with Crippen LogP contribution in [0.2, 0.25) is 0 Å². The molecule has 5 nitrogen and oxygen atoms in total. The van der Waals surface area contributed by atoms with E-state index in [2.05, 4.69) is 19.2 Å². The Morgan fingerprint density at radius 3 is 2.38 bits per heavy atom. The maximum Gasteiger partial charge on any atom is 0.192 e. The van der Waals surface area contributed by atoms with Crippen molar-refractivity contribution in [3.8, 4) is 11.5 Å². The summed E-state index contributed by atoms with van der Waals surface area (Å²) in [6.45, 7) is 4.13. The monoisotopic (exact) mass is 387 g/mol. The molecule has 5 heteroatoms. The third kappa shape index (κ3) is 2.54. The summed E-state index contributed by atoms with van der Waals surface area (Å²) in [4.78, 5) is 26.5. The maximum atomic E-state index is 13.3. The first kappa shape index (κ1) is 17.7. The number of benzene rings is 2. The number of Topliss-reactive ketones (excluding diaryl/α,β-unsaturated/α-hetero) is 2. The van der Waals surface area contributed by atoms with E-state index in [-0.39, 0.29) is 28.5 Å². The highest BCUT2D eigenvalue weighted by molar-refractivity contribution is 6.23. The summed E-state index contributed by atoms with van der Waals surface area (Å²) in [5.74, 6) is -1.17. The van der Waals surface area contributed by atoms with Gasteiger partial charge in [-0.15, -0.1) is 0 Å². The van der Waals surface area contributed by atoms with E-state index >= 15 is 0 Å². The molecule has 0 spiro atoms. The van der Waals surface area contributed by atoms with Crippen LogP contribution in [0, 0.1) is 5.41 Å². The van der Waals surface area contributed by atoms with Gasteiger partial charge < -0.3 is 15.5 Å². The van der Waals surface area contributed by atoms with Crippen LogP contribution >= 0.6 is 0 Å². The topological polar surface area (TPSA) is 86.6 Å². The molecular formula is C24H21NO4. The van der Waals surface area contributed by atoms with E-state index in [1.807, 2.05) is 18.2 Å². The van der Waals surface area contributed by atoms with Gasteiger partial charge in [0, 0.05) is 40.3 Å². The fraction of sp³-hybridized carbons (Fsp3) is 0.250. The number of dihydropyridines is 1. The minimum absolute atomic E-state index is 0.0108. The molecule has 2 aromatic carbocycles. The van der Waals surface area contributed by atoms with Crippen LogP contribution in [0.1, 0.15) is 54.1 Å². The number of hydrogen-bond donors (Lipinski definition) is 3. The standard InChI is InChI=1S/C24H21NO4/c1-24(2)10-15-20(18(28)11-24)19(12-7-8-16(26)17(27)9-12)21-22(25-15)13-5-3-4-6-14(13)23(21)29/h3-9,19,25-27H,10-11H2,1-2H3/t19-/m1/s1. The predicted molar refractivity (Wildman–Crippen MR) is 108 cm³/mol. The zero-order valence-corrected chi connectivity index (χ0v) is 16.2. The molecular weight excluding hydrogens is 366 g/mol. The van der Waals surface area contributed by atoms with Gasteiger partial charge in [0.2, 0.25) is 0 Å². The number of allylic oxidation sites excluding steroid dienone is 3. The fourth-order valence-corrected chi connectivity index (χ4v) is 4.84. The van der Waals surface area contributed by atoms with Gasteiger partial charge in [0.05, 0.1) is 5.70 Å². The van der Waals surface area contributed by atoms with Gasteiger partial charge in [-0.1, -0.05) is 44.2 Å². The summed E-state index contributed by atoms with van der Waals surface area (Å²) in [7, 11) is 0. The third-order valence-electron chi connectivity index (χ3n) is 6.06. The number of aromatic hydroxyl groups is 2. The van der Waals surface area contributed by atoms with Crippen LogP contribution in [-0.4, -0.2) is 21.8 Å². The minimum Gasteiger partial charge on any atom is -0.504 e. The fourth-order valence-electron chi connectivity index (χ4n) is 4.84. The zero-order chi connectivity index (χ0) is 20.5. The first-order valence-electron chi connectivity index (χ1n) is 9.70. The van der Waals surface area contributed by atoms with Crippen LogP contribution in [0.25, 0.3) is 5.70 Å². The summed E-state index contributed by atoms with van der Waals surface area (Å²) in [6, 6.07) is 12.0. The van der Waals surface area contributed by atoms with E-state index in [1.165, 1.54) is 12.1 Å². The largest absolute Gasteiger partial charge is 0.504 e. The number of fused-ring (bicyclic) bond motifs is 2. The number of nitrogens with one attached hydrogen (secondary N) is 1. The Morgan fingerprint density at radius 2 is 1.66 bits per heavy atom. The number of carbonyl (C=O) groups excluding carboxylic acids is 2. The molecule has 0 saturated carbocycles. The van der Waals surface area contributed by atoms with Crippen molar-refractivity contribution in [3.05, 3.63) is 76.0 Å². The molecule has 3 N–H and O–H groups in total. The van der Waals surface area contributed by atoms with Gasteiger partial charge in [0.1, 0.15) is 0 Å². The van der Waals surface area contributed by atoms with Crippen LogP contribution in [0.3, 0.4) is 0 Å². The normalized spacial score (nSPS) is 22.2. The van der Waals surface area contributed by atoms with Gasteiger partial charge in [-0.3, -0.25) is 9.59 Å². The van der Waals surface area contributed by atoms with Gasteiger partial charge in [-0.2, -0.15) is 0 Å². The van der Waals surface area contributed by atoms with E-state index in [0.717, 1.165) is 17.0 Å². The number of ketones is 2. The lowest BCUT2D eigenvalue weighted by molar-refractivity contribution is -0.118. The minimum atomic E-state index is -0.573. The van der Waals surface area contributed by atoms with Crippen LogP contribution in [0.4, 0.5) is 0 Å². The lowest BCUT2D eigenvalue weighted by Crippen LogP contribution is -2.37. The van der Waals surface area contributed by atoms with Crippen molar-refractivity contribution in [2.75, 3.05) is 0 Å². The van der Waals surface area contributed by atoms with Crippen molar-refractivity contribution < 1.29 is 19.8 Å². The molecule has 0 unspecified atom stereocenters. The maximum absolute atomic E-state index is 13.3.